The molecule has 0 amide bonds. The van der Waals surface area contributed by atoms with Crippen LogP contribution in [0.3, 0.4) is 0 Å². The Hall–Kier alpha value is -1.20. The largest absolute Gasteiger partial charge is 0.373 e. The molecule has 1 atom stereocenters. The third-order valence-corrected chi connectivity index (χ3v) is 3.47. The van der Waals surface area contributed by atoms with Crippen LogP contribution in [0.4, 0.5) is 5.82 Å². The number of hydrogen-bond acceptors (Lipinski definition) is 5. The third kappa shape index (κ3) is 3.17. The Morgan fingerprint density at radius 1 is 1.39 bits per heavy atom. The Morgan fingerprint density at radius 2 is 2.17 bits per heavy atom. The Bertz CT molecular complexity index is 406. The minimum absolute atomic E-state index is 0.561. The maximum Gasteiger partial charge on any atom is 0.144 e. The standard InChI is InChI=1S/C13H23N5/c1-10-7-12(14-3)16-13(15-10)9-18-6-5-17(4)8-11(18)2/h7,11H,5-6,8-9H2,1-4H3,(H,14,15,16). The van der Waals surface area contributed by atoms with Gasteiger partial charge < -0.3 is 10.2 Å². The number of aryl methyl sites for hydroxylation is 1. The summed E-state index contributed by atoms with van der Waals surface area (Å²) in [4.78, 5) is 13.9. The van der Waals surface area contributed by atoms with E-state index in [0.717, 1.165) is 43.5 Å². The van der Waals surface area contributed by atoms with Gasteiger partial charge in [0.1, 0.15) is 11.6 Å². The molecule has 5 heteroatoms. The lowest BCUT2D eigenvalue weighted by atomic mass is 10.2. The highest BCUT2D eigenvalue weighted by Gasteiger charge is 2.22. The molecule has 1 aromatic rings. The molecule has 0 saturated carbocycles. The van der Waals surface area contributed by atoms with Gasteiger partial charge in [0.25, 0.3) is 0 Å². The molecule has 2 rings (SSSR count). The van der Waals surface area contributed by atoms with E-state index in [4.69, 9.17) is 0 Å². The summed E-state index contributed by atoms with van der Waals surface area (Å²) in [5.41, 5.74) is 1.02. The molecule has 18 heavy (non-hydrogen) atoms. The predicted octanol–water partition coefficient (Wildman–Crippen LogP) is 0.963. The van der Waals surface area contributed by atoms with Crippen molar-refractivity contribution in [3.63, 3.8) is 0 Å². The van der Waals surface area contributed by atoms with Crippen molar-refractivity contribution in [3.8, 4) is 0 Å². The van der Waals surface area contributed by atoms with Crippen LogP contribution in [0.1, 0.15) is 18.4 Å². The van der Waals surface area contributed by atoms with Gasteiger partial charge in [-0.15, -0.1) is 0 Å². The molecule has 1 aromatic heterocycles. The monoisotopic (exact) mass is 249 g/mol. The van der Waals surface area contributed by atoms with Crippen LogP contribution in [0.2, 0.25) is 0 Å². The second kappa shape index (κ2) is 5.63. The molecule has 1 aliphatic heterocycles. The van der Waals surface area contributed by atoms with Crippen LogP contribution in [0, 0.1) is 6.92 Å². The number of piperazine rings is 1. The number of anilines is 1. The molecule has 0 radical (unpaired) electrons. The van der Waals surface area contributed by atoms with Crippen molar-refractivity contribution in [2.45, 2.75) is 26.4 Å². The second-order valence-corrected chi connectivity index (χ2v) is 5.14. The van der Waals surface area contributed by atoms with Gasteiger partial charge in [0.15, 0.2) is 0 Å². The summed E-state index contributed by atoms with van der Waals surface area (Å²) < 4.78 is 0. The van der Waals surface area contributed by atoms with Crippen molar-refractivity contribution >= 4 is 5.82 Å². The summed E-state index contributed by atoms with van der Waals surface area (Å²) in [5.74, 6) is 1.81. The van der Waals surface area contributed by atoms with Gasteiger partial charge in [0.2, 0.25) is 0 Å². The van der Waals surface area contributed by atoms with Gasteiger partial charge in [-0.3, -0.25) is 4.90 Å². The summed E-state index contributed by atoms with van der Waals surface area (Å²) in [6.07, 6.45) is 0. The van der Waals surface area contributed by atoms with Crippen molar-refractivity contribution in [2.24, 2.45) is 0 Å². The zero-order valence-electron chi connectivity index (χ0n) is 11.8. The van der Waals surface area contributed by atoms with Crippen LogP contribution >= 0.6 is 0 Å². The summed E-state index contributed by atoms with van der Waals surface area (Å²) in [6.45, 7) is 8.44. The summed E-state index contributed by atoms with van der Waals surface area (Å²) >= 11 is 0. The molecular weight excluding hydrogens is 226 g/mol. The molecular formula is C13H23N5. The van der Waals surface area contributed by atoms with Crippen LogP contribution in [-0.2, 0) is 6.54 Å². The minimum Gasteiger partial charge on any atom is -0.373 e. The predicted molar refractivity (Wildman–Crippen MR) is 73.7 cm³/mol. The normalized spacial score (nSPS) is 22.1. The van der Waals surface area contributed by atoms with E-state index < -0.39 is 0 Å². The topological polar surface area (TPSA) is 44.3 Å². The molecule has 2 heterocycles. The average molecular weight is 249 g/mol. The van der Waals surface area contributed by atoms with Crippen molar-refractivity contribution in [1.29, 1.82) is 0 Å². The first-order chi connectivity index (χ1) is 8.58. The maximum absolute atomic E-state index is 4.52. The molecule has 100 valence electrons. The van der Waals surface area contributed by atoms with E-state index in [1.165, 1.54) is 0 Å². The third-order valence-electron chi connectivity index (χ3n) is 3.47. The summed E-state index contributed by atoms with van der Waals surface area (Å²) in [7, 11) is 4.07. The first-order valence-electron chi connectivity index (χ1n) is 6.53. The van der Waals surface area contributed by atoms with Crippen molar-refractivity contribution < 1.29 is 0 Å². The molecule has 1 saturated heterocycles. The van der Waals surface area contributed by atoms with Gasteiger partial charge >= 0.3 is 0 Å². The Kier molecular flexibility index (Phi) is 4.14. The van der Waals surface area contributed by atoms with E-state index in [1.54, 1.807) is 0 Å². The first-order valence-corrected chi connectivity index (χ1v) is 6.53. The fourth-order valence-electron chi connectivity index (χ4n) is 2.42. The van der Waals surface area contributed by atoms with Gasteiger partial charge in [-0.05, 0) is 20.9 Å². The lowest BCUT2D eigenvalue weighted by Gasteiger charge is -2.37. The van der Waals surface area contributed by atoms with E-state index in [1.807, 2.05) is 20.0 Å². The fourth-order valence-corrected chi connectivity index (χ4v) is 2.42. The Labute approximate surface area is 109 Å². The van der Waals surface area contributed by atoms with Gasteiger partial charge in [-0.2, -0.15) is 0 Å². The number of rotatable bonds is 3. The molecule has 1 unspecified atom stereocenters. The van der Waals surface area contributed by atoms with Crippen molar-refractivity contribution in [2.75, 3.05) is 39.0 Å². The summed E-state index contributed by atoms with van der Waals surface area (Å²) in [5, 5.41) is 3.09. The quantitative estimate of drug-likeness (QED) is 0.864. The van der Waals surface area contributed by atoms with Gasteiger partial charge in [0.05, 0.1) is 6.54 Å². The van der Waals surface area contributed by atoms with Crippen molar-refractivity contribution in [3.05, 3.63) is 17.6 Å². The van der Waals surface area contributed by atoms with E-state index in [2.05, 4.69) is 39.1 Å². The van der Waals surface area contributed by atoms with Crippen molar-refractivity contribution in [1.82, 2.24) is 19.8 Å². The van der Waals surface area contributed by atoms with Crippen LogP contribution in [0.25, 0.3) is 0 Å². The summed E-state index contributed by atoms with van der Waals surface area (Å²) in [6, 6.07) is 2.53. The van der Waals surface area contributed by atoms with Gasteiger partial charge in [-0.25, -0.2) is 9.97 Å². The number of aromatic nitrogens is 2. The lowest BCUT2D eigenvalue weighted by Crippen LogP contribution is -2.50. The SMILES string of the molecule is CNc1cc(C)nc(CN2CCN(C)CC2C)n1. The number of nitrogens with one attached hydrogen (secondary N) is 1. The van der Waals surface area contributed by atoms with Crippen LogP contribution in [0.5, 0.6) is 0 Å². The fraction of sp³-hybridized carbons (Fsp3) is 0.692. The van der Waals surface area contributed by atoms with Gasteiger partial charge in [-0.1, -0.05) is 0 Å². The highest BCUT2D eigenvalue weighted by Crippen LogP contribution is 2.12. The number of hydrogen-bond donors (Lipinski definition) is 1. The van der Waals surface area contributed by atoms with E-state index >= 15 is 0 Å². The molecule has 1 fully saturated rings. The van der Waals surface area contributed by atoms with E-state index in [9.17, 15) is 0 Å². The van der Waals surface area contributed by atoms with Crippen LogP contribution < -0.4 is 5.32 Å². The molecule has 5 nitrogen and oxygen atoms in total. The highest BCUT2D eigenvalue weighted by atomic mass is 15.3. The second-order valence-electron chi connectivity index (χ2n) is 5.14. The molecule has 0 aliphatic carbocycles. The maximum atomic E-state index is 4.52. The first kappa shape index (κ1) is 13.2. The zero-order valence-corrected chi connectivity index (χ0v) is 11.8. The molecule has 0 spiro atoms. The smallest absolute Gasteiger partial charge is 0.144 e. The van der Waals surface area contributed by atoms with E-state index in [0.29, 0.717) is 6.04 Å². The van der Waals surface area contributed by atoms with Gasteiger partial charge in [0, 0.05) is 44.5 Å². The minimum atomic E-state index is 0.561. The molecule has 0 bridgehead atoms. The van der Waals surface area contributed by atoms with Crippen LogP contribution in [0.15, 0.2) is 6.07 Å². The number of likely N-dealkylation sites (N-methyl/N-ethyl adjacent to an activating group) is 1. The van der Waals surface area contributed by atoms with Crippen LogP contribution in [-0.4, -0.2) is 59.5 Å². The zero-order chi connectivity index (χ0) is 13.1. The lowest BCUT2D eigenvalue weighted by molar-refractivity contribution is 0.0914. The average Bonchev–Trinajstić information content (AvgIpc) is 2.32. The molecule has 1 aliphatic rings. The number of nitrogens with zero attached hydrogens (tertiary/aromatic N) is 4. The Morgan fingerprint density at radius 3 is 2.83 bits per heavy atom. The van der Waals surface area contributed by atoms with E-state index in [-0.39, 0.29) is 0 Å². The molecule has 1 N–H and O–H groups in total. The Balaban J connectivity index is 2.06. The highest BCUT2D eigenvalue weighted by molar-refractivity contribution is 5.34. The molecule has 0 aromatic carbocycles.